The Bertz CT molecular complexity index is 582. The van der Waals surface area contributed by atoms with E-state index >= 15 is 0 Å². The Hall–Kier alpha value is -1.46. The van der Waals surface area contributed by atoms with E-state index in [0.717, 1.165) is 10.9 Å². The second-order valence-corrected chi connectivity index (χ2v) is 5.38. The molecule has 1 aliphatic heterocycles. The van der Waals surface area contributed by atoms with E-state index < -0.39 is 11.7 Å². The van der Waals surface area contributed by atoms with Crippen molar-refractivity contribution < 1.29 is 19.7 Å². The van der Waals surface area contributed by atoms with Crippen LogP contribution in [0.1, 0.15) is 11.9 Å². The Morgan fingerprint density at radius 3 is 2.25 bits per heavy atom. The van der Waals surface area contributed by atoms with Crippen molar-refractivity contribution in [2.24, 2.45) is 5.41 Å². The summed E-state index contributed by atoms with van der Waals surface area (Å²) in [5.74, 6) is 0. The van der Waals surface area contributed by atoms with Crippen molar-refractivity contribution in [3.8, 4) is 0 Å². The molecule has 4 nitrogen and oxygen atoms in total. The molecule has 0 amide bonds. The molecule has 0 unspecified atom stereocenters. The van der Waals surface area contributed by atoms with Gasteiger partial charge in [-0.3, -0.25) is 0 Å². The lowest BCUT2D eigenvalue weighted by Crippen LogP contribution is -2.44. The molecule has 0 atom stereocenters. The fraction of sp³-hybridized carbons (Fsp3) is 0.375. The van der Waals surface area contributed by atoms with Crippen molar-refractivity contribution >= 4 is 10.8 Å². The van der Waals surface area contributed by atoms with E-state index in [0.29, 0.717) is 0 Å². The van der Waals surface area contributed by atoms with Gasteiger partial charge in [-0.15, -0.1) is 0 Å². The molecule has 2 aromatic carbocycles. The molecule has 1 saturated heterocycles. The maximum absolute atomic E-state index is 9.32. The van der Waals surface area contributed by atoms with Crippen molar-refractivity contribution in [2.75, 3.05) is 26.4 Å². The summed E-state index contributed by atoms with van der Waals surface area (Å²) in [6.45, 7) is 0.289. The van der Waals surface area contributed by atoms with Gasteiger partial charge in [-0.1, -0.05) is 36.4 Å². The number of aliphatic hydroxyl groups is 2. The van der Waals surface area contributed by atoms with Crippen LogP contribution in [0, 0.1) is 5.41 Å². The van der Waals surface area contributed by atoms with Gasteiger partial charge in [-0.05, 0) is 16.8 Å². The smallest absolute Gasteiger partial charge is 0.183 e. The first kappa shape index (κ1) is 13.5. The van der Waals surface area contributed by atoms with Crippen molar-refractivity contribution in [3.05, 3.63) is 48.0 Å². The van der Waals surface area contributed by atoms with Crippen molar-refractivity contribution in [2.45, 2.75) is 6.29 Å². The first-order valence-corrected chi connectivity index (χ1v) is 6.70. The van der Waals surface area contributed by atoms with E-state index in [9.17, 15) is 10.2 Å². The van der Waals surface area contributed by atoms with Crippen molar-refractivity contribution in [1.82, 2.24) is 0 Å². The molecule has 0 aliphatic carbocycles. The maximum atomic E-state index is 9.32. The fourth-order valence-electron chi connectivity index (χ4n) is 2.37. The summed E-state index contributed by atoms with van der Waals surface area (Å²) in [5, 5.41) is 21.0. The lowest BCUT2D eigenvalue weighted by Gasteiger charge is -2.37. The van der Waals surface area contributed by atoms with Crippen LogP contribution in [-0.2, 0) is 9.47 Å². The van der Waals surface area contributed by atoms with E-state index in [4.69, 9.17) is 9.47 Å². The van der Waals surface area contributed by atoms with Crippen LogP contribution in [0.2, 0.25) is 0 Å². The molecule has 106 valence electrons. The van der Waals surface area contributed by atoms with Gasteiger partial charge in [-0.2, -0.15) is 0 Å². The Labute approximate surface area is 117 Å². The lowest BCUT2D eigenvalue weighted by molar-refractivity contribution is -0.248. The van der Waals surface area contributed by atoms with Crippen LogP contribution in [0.4, 0.5) is 0 Å². The Morgan fingerprint density at radius 1 is 0.950 bits per heavy atom. The third-order valence-electron chi connectivity index (χ3n) is 3.80. The number of benzene rings is 2. The van der Waals surface area contributed by atoms with Gasteiger partial charge in [-0.25, -0.2) is 0 Å². The van der Waals surface area contributed by atoms with Crippen LogP contribution in [0.15, 0.2) is 42.5 Å². The summed E-state index contributed by atoms with van der Waals surface area (Å²) in [6.07, 6.45) is -0.439. The zero-order chi connectivity index (χ0) is 14.0. The normalized spacial score (nSPS) is 19.3. The van der Waals surface area contributed by atoms with E-state index in [-0.39, 0.29) is 26.4 Å². The Kier molecular flexibility index (Phi) is 3.72. The molecule has 20 heavy (non-hydrogen) atoms. The second-order valence-electron chi connectivity index (χ2n) is 5.38. The largest absolute Gasteiger partial charge is 0.396 e. The number of rotatable bonds is 3. The van der Waals surface area contributed by atoms with Crippen LogP contribution in [0.5, 0.6) is 0 Å². The molecule has 1 heterocycles. The average molecular weight is 274 g/mol. The molecule has 2 N–H and O–H groups in total. The predicted octanol–water partition coefficient (Wildman–Crippen LogP) is 1.86. The highest BCUT2D eigenvalue weighted by Crippen LogP contribution is 2.32. The van der Waals surface area contributed by atoms with E-state index in [2.05, 4.69) is 6.07 Å². The van der Waals surface area contributed by atoms with Crippen molar-refractivity contribution in [3.63, 3.8) is 0 Å². The van der Waals surface area contributed by atoms with E-state index in [1.807, 2.05) is 36.4 Å². The lowest BCUT2D eigenvalue weighted by atomic mass is 9.91. The average Bonchev–Trinajstić information content (AvgIpc) is 2.54. The summed E-state index contributed by atoms with van der Waals surface area (Å²) in [4.78, 5) is 0. The third kappa shape index (κ3) is 2.43. The van der Waals surface area contributed by atoms with Crippen LogP contribution in [0.3, 0.4) is 0 Å². The van der Waals surface area contributed by atoms with Gasteiger partial charge in [0.05, 0.1) is 31.8 Å². The number of fused-ring (bicyclic) bond motifs is 1. The minimum Gasteiger partial charge on any atom is -0.396 e. The monoisotopic (exact) mass is 274 g/mol. The summed E-state index contributed by atoms with van der Waals surface area (Å²) in [5.41, 5.74) is 0.265. The topological polar surface area (TPSA) is 58.9 Å². The number of ether oxygens (including phenoxy) is 2. The standard InChI is InChI=1S/C16H18O4/c17-8-16(9-18)10-19-15(20-11-16)14-6-5-12-3-1-2-4-13(12)7-14/h1-7,15,17-18H,8-11H2. The quantitative estimate of drug-likeness (QED) is 0.897. The Morgan fingerprint density at radius 2 is 1.60 bits per heavy atom. The van der Waals surface area contributed by atoms with Gasteiger partial charge >= 0.3 is 0 Å². The highest BCUT2D eigenvalue weighted by Gasteiger charge is 2.36. The van der Waals surface area contributed by atoms with Gasteiger partial charge in [0.2, 0.25) is 0 Å². The molecular formula is C16H18O4. The van der Waals surface area contributed by atoms with Crippen LogP contribution < -0.4 is 0 Å². The predicted molar refractivity (Wildman–Crippen MR) is 75.2 cm³/mol. The summed E-state index contributed by atoms with van der Waals surface area (Å²) in [6, 6.07) is 14.2. The summed E-state index contributed by atoms with van der Waals surface area (Å²) < 4.78 is 11.3. The summed E-state index contributed by atoms with van der Waals surface area (Å²) in [7, 11) is 0. The number of hydrogen-bond donors (Lipinski definition) is 2. The van der Waals surface area contributed by atoms with Gasteiger partial charge in [0.25, 0.3) is 0 Å². The fourth-order valence-corrected chi connectivity index (χ4v) is 2.37. The molecule has 0 radical (unpaired) electrons. The zero-order valence-corrected chi connectivity index (χ0v) is 11.2. The first-order valence-electron chi connectivity index (χ1n) is 6.70. The minimum absolute atomic E-state index is 0.145. The third-order valence-corrected chi connectivity index (χ3v) is 3.80. The van der Waals surface area contributed by atoms with Crippen LogP contribution in [-0.4, -0.2) is 36.6 Å². The first-order chi connectivity index (χ1) is 9.76. The van der Waals surface area contributed by atoms with Gasteiger partial charge in [0, 0.05) is 5.56 Å². The molecule has 1 aliphatic rings. The maximum Gasteiger partial charge on any atom is 0.183 e. The van der Waals surface area contributed by atoms with E-state index in [1.54, 1.807) is 0 Å². The molecule has 0 saturated carbocycles. The van der Waals surface area contributed by atoms with Crippen LogP contribution in [0.25, 0.3) is 10.8 Å². The van der Waals surface area contributed by atoms with Crippen LogP contribution >= 0.6 is 0 Å². The SMILES string of the molecule is OCC1(CO)COC(c2ccc3ccccc3c2)OC1. The van der Waals surface area contributed by atoms with Gasteiger partial charge in [0.1, 0.15) is 0 Å². The second kappa shape index (κ2) is 5.50. The molecule has 2 aromatic rings. The zero-order valence-electron chi connectivity index (χ0n) is 11.2. The molecular weight excluding hydrogens is 256 g/mol. The van der Waals surface area contributed by atoms with E-state index in [1.165, 1.54) is 5.39 Å². The highest BCUT2D eigenvalue weighted by molar-refractivity contribution is 5.83. The minimum atomic E-state index is -0.687. The molecule has 0 aromatic heterocycles. The molecule has 3 rings (SSSR count). The van der Waals surface area contributed by atoms with Gasteiger partial charge in [0.15, 0.2) is 6.29 Å². The molecule has 4 heteroatoms. The van der Waals surface area contributed by atoms with Crippen molar-refractivity contribution in [1.29, 1.82) is 0 Å². The molecule has 1 fully saturated rings. The number of hydrogen-bond acceptors (Lipinski definition) is 4. The summed E-state index contributed by atoms with van der Waals surface area (Å²) >= 11 is 0. The molecule has 0 spiro atoms. The highest BCUT2D eigenvalue weighted by atomic mass is 16.7. The molecule has 0 bridgehead atoms. The van der Waals surface area contributed by atoms with Gasteiger partial charge < -0.3 is 19.7 Å². The number of aliphatic hydroxyl groups excluding tert-OH is 2. The Balaban J connectivity index is 1.79.